The van der Waals surface area contributed by atoms with Gasteiger partial charge in [-0.05, 0) is 47.5 Å². The van der Waals surface area contributed by atoms with Gasteiger partial charge < -0.3 is 18.7 Å². The standard InChI is InChI=1S/C10H6ClNO2.C9H4ClNO2/c1-13-8-2-6(5-12)3-9-7(8)4-10(11)14-9;10-9-3-6-7(12)1-5(4-11)2-8(6)13-9/h2-4H,1H3;1-3,12H. The van der Waals surface area contributed by atoms with Gasteiger partial charge in [-0.3, -0.25) is 0 Å². The minimum absolute atomic E-state index is 0.00435. The molecule has 0 saturated carbocycles. The number of phenols is 1. The van der Waals surface area contributed by atoms with Gasteiger partial charge in [-0.2, -0.15) is 10.5 Å². The van der Waals surface area contributed by atoms with E-state index in [2.05, 4.69) is 0 Å². The third kappa shape index (κ3) is 3.78. The molecule has 8 heteroatoms. The molecule has 0 aliphatic rings. The van der Waals surface area contributed by atoms with E-state index >= 15 is 0 Å². The van der Waals surface area contributed by atoms with Crippen molar-refractivity contribution in [2.24, 2.45) is 0 Å². The Labute approximate surface area is 163 Å². The lowest BCUT2D eigenvalue weighted by molar-refractivity contribution is 0.419. The van der Waals surface area contributed by atoms with Crippen LogP contribution in [0.2, 0.25) is 10.4 Å². The normalized spacial score (nSPS) is 10.1. The average molecular weight is 401 g/mol. The van der Waals surface area contributed by atoms with Gasteiger partial charge in [-0.1, -0.05) is 0 Å². The van der Waals surface area contributed by atoms with Crippen molar-refractivity contribution in [3.63, 3.8) is 0 Å². The number of methoxy groups -OCH3 is 1. The van der Waals surface area contributed by atoms with E-state index in [4.69, 9.17) is 47.3 Å². The largest absolute Gasteiger partial charge is 0.507 e. The first kappa shape index (κ1) is 18.5. The Kier molecular flexibility index (Phi) is 5.14. The summed E-state index contributed by atoms with van der Waals surface area (Å²) < 4.78 is 15.3. The summed E-state index contributed by atoms with van der Waals surface area (Å²) >= 11 is 11.3. The second-order valence-corrected chi connectivity index (χ2v) is 6.07. The summed E-state index contributed by atoms with van der Waals surface area (Å²) in [5.41, 5.74) is 1.81. The van der Waals surface area contributed by atoms with E-state index in [0.29, 0.717) is 33.4 Å². The van der Waals surface area contributed by atoms with Crippen molar-refractivity contribution in [2.75, 3.05) is 7.11 Å². The van der Waals surface area contributed by atoms with Crippen LogP contribution in [0.15, 0.2) is 45.2 Å². The van der Waals surface area contributed by atoms with E-state index in [0.717, 1.165) is 5.39 Å². The molecule has 4 aromatic rings. The fourth-order valence-corrected chi connectivity index (χ4v) is 2.85. The van der Waals surface area contributed by atoms with Gasteiger partial charge in [0, 0.05) is 12.1 Å². The molecule has 0 radical (unpaired) electrons. The number of halogens is 2. The monoisotopic (exact) mass is 400 g/mol. The molecule has 1 N–H and O–H groups in total. The first-order valence-corrected chi connectivity index (χ1v) is 8.20. The predicted octanol–water partition coefficient (Wildman–Crippen LogP) is 5.63. The Hall–Kier alpha value is -3.32. The van der Waals surface area contributed by atoms with Gasteiger partial charge in [0.2, 0.25) is 0 Å². The van der Waals surface area contributed by atoms with E-state index in [1.165, 1.54) is 25.3 Å². The van der Waals surface area contributed by atoms with Crippen LogP contribution in [0.4, 0.5) is 0 Å². The second kappa shape index (κ2) is 7.51. The molecular weight excluding hydrogens is 391 g/mol. The number of hydrogen-bond acceptors (Lipinski definition) is 6. The molecule has 0 saturated heterocycles. The number of phenolic OH excluding ortho intramolecular Hbond substituents is 1. The van der Waals surface area contributed by atoms with Crippen molar-refractivity contribution in [3.8, 4) is 23.6 Å². The van der Waals surface area contributed by atoms with Crippen molar-refractivity contribution in [1.29, 1.82) is 10.5 Å². The van der Waals surface area contributed by atoms with Crippen LogP contribution in [0, 0.1) is 22.7 Å². The number of benzene rings is 2. The molecular formula is C19H10Cl2N2O4. The van der Waals surface area contributed by atoms with Gasteiger partial charge in [-0.15, -0.1) is 0 Å². The minimum Gasteiger partial charge on any atom is -0.507 e. The lowest BCUT2D eigenvalue weighted by Gasteiger charge is -2.00. The molecule has 0 spiro atoms. The van der Waals surface area contributed by atoms with Crippen molar-refractivity contribution in [1.82, 2.24) is 0 Å². The van der Waals surface area contributed by atoms with Gasteiger partial charge in [0.05, 0.1) is 41.1 Å². The van der Waals surface area contributed by atoms with E-state index in [9.17, 15) is 5.11 Å². The quantitative estimate of drug-likeness (QED) is 0.443. The van der Waals surface area contributed by atoms with Gasteiger partial charge >= 0.3 is 0 Å². The first-order chi connectivity index (χ1) is 12.9. The zero-order valence-corrected chi connectivity index (χ0v) is 15.3. The third-order valence-electron chi connectivity index (χ3n) is 3.63. The first-order valence-electron chi connectivity index (χ1n) is 7.44. The number of aromatic hydroxyl groups is 1. The van der Waals surface area contributed by atoms with Crippen molar-refractivity contribution in [2.45, 2.75) is 0 Å². The predicted molar refractivity (Wildman–Crippen MR) is 100 cm³/mol. The van der Waals surface area contributed by atoms with Crippen molar-refractivity contribution >= 4 is 45.1 Å². The highest BCUT2D eigenvalue weighted by Gasteiger charge is 2.09. The highest BCUT2D eigenvalue weighted by molar-refractivity contribution is 6.30. The maximum atomic E-state index is 9.43. The topological polar surface area (TPSA) is 103 Å². The molecule has 2 aromatic carbocycles. The number of nitriles is 2. The molecule has 27 heavy (non-hydrogen) atoms. The van der Waals surface area contributed by atoms with Crippen molar-refractivity contribution in [3.05, 3.63) is 58.0 Å². The van der Waals surface area contributed by atoms with Crippen LogP contribution in [0.25, 0.3) is 21.9 Å². The Bertz CT molecular complexity index is 1230. The Morgan fingerprint density at radius 3 is 1.93 bits per heavy atom. The molecule has 0 aliphatic heterocycles. The molecule has 2 aromatic heterocycles. The van der Waals surface area contributed by atoms with Crippen molar-refractivity contribution < 1.29 is 18.7 Å². The number of hydrogen-bond donors (Lipinski definition) is 1. The SMILES string of the molecule is COc1cc(C#N)cc2oc(Cl)cc12.N#Cc1cc(O)c2cc(Cl)oc2c1. The fraction of sp³-hybridized carbons (Fsp3) is 0.0526. The van der Waals surface area contributed by atoms with Crippen LogP contribution in [-0.4, -0.2) is 12.2 Å². The highest BCUT2D eigenvalue weighted by atomic mass is 35.5. The molecule has 0 amide bonds. The molecule has 6 nitrogen and oxygen atoms in total. The zero-order chi connectivity index (χ0) is 19.6. The highest BCUT2D eigenvalue weighted by Crippen LogP contribution is 2.32. The number of furan rings is 2. The number of nitrogens with zero attached hydrogens (tertiary/aromatic N) is 2. The summed E-state index contributed by atoms with van der Waals surface area (Å²) in [7, 11) is 1.54. The van der Waals surface area contributed by atoms with Gasteiger partial charge in [-0.25, -0.2) is 0 Å². The van der Waals surface area contributed by atoms with Crippen LogP contribution in [0.3, 0.4) is 0 Å². The van der Waals surface area contributed by atoms with Gasteiger partial charge in [0.1, 0.15) is 22.7 Å². The van der Waals surface area contributed by atoms with Crippen LogP contribution >= 0.6 is 23.2 Å². The summed E-state index contributed by atoms with van der Waals surface area (Å²) in [6.45, 7) is 0. The second-order valence-electron chi connectivity index (χ2n) is 5.32. The smallest absolute Gasteiger partial charge is 0.194 e. The summed E-state index contributed by atoms with van der Waals surface area (Å²) in [6.07, 6.45) is 0. The Morgan fingerprint density at radius 1 is 0.852 bits per heavy atom. The molecule has 0 fully saturated rings. The Morgan fingerprint density at radius 2 is 1.37 bits per heavy atom. The van der Waals surface area contributed by atoms with Gasteiger partial charge in [0.15, 0.2) is 10.4 Å². The van der Waals surface area contributed by atoms with Crippen LogP contribution < -0.4 is 4.74 Å². The average Bonchev–Trinajstić information content (AvgIpc) is 3.22. The molecule has 0 bridgehead atoms. The van der Waals surface area contributed by atoms with E-state index in [1.807, 2.05) is 12.1 Å². The lowest BCUT2D eigenvalue weighted by Crippen LogP contribution is -1.84. The number of ether oxygens (including phenoxy) is 1. The van der Waals surface area contributed by atoms with E-state index < -0.39 is 0 Å². The molecule has 134 valence electrons. The zero-order valence-electron chi connectivity index (χ0n) is 13.8. The molecule has 2 heterocycles. The molecule has 0 atom stereocenters. The summed E-state index contributed by atoms with van der Waals surface area (Å²) in [4.78, 5) is 0. The summed E-state index contributed by atoms with van der Waals surface area (Å²) in [5.74, 6) is 0.597. The number of rotatable bonds is 1. The fourth-order valence-electron chi connectivity index (χ4n) is 2.46. The van der Waals surface area contributed by atoms with Crippen LogP contribution in [0.1, 0.15) is 11.1 Å². The minimum atomic E-state index is 0.00435. The molecule has 0 unspecified atom stereocenters. The number of fused-ring (bicyclic) bond motifs is 2. The molecule has 0 aliphatic carbocycles. The third-order valence-corrected chi connectivity index (χ3v) is 4.01. The summed E-state index contributed by atoms with van der Waals surface area (Å²) in [5, 5.41) is 28.5. The van der Waals surface area contributed by atoms with Crippen LogP contribution in [0.5, 0.6) is 11.5 Å². The Balaban J connectivity index is 0.000000156. The summed E-state index contributed by atoms with van der Waals surface area (Å²) in [6, 6.07) is 13.3. The maximum absolute atomic E-state index is 9.43. The van der Waals surface area contributed by atoms with Gasteiger partial charge in [0.25, 0.3) is 0 Å². The molecule has 4 rings (SSSR count). The van der Waals surface area contributed by atoms with Crippen LogP contribution in [-0.2, 0) is 0 Å². The lowest BCUT2D eigenvalue weighted by atomic mass is 10.1. The maximum Gasteiger partial charge on any atom is 0.194 e. The van der Waals surface area contributed by atoms with E-state index in [1.54, 1.807) is 18.2 Å². The van der Waals surface area contributed by atoms with E-state index in [-0.39, 0.29) is 16.2 Å².